The van der Waals surface area contributed by atoms with E-state index in [0.717, 1.165) is 25.9 Å². The molecule has 0 radical (unpaired) electrons. The lowest BCUT2D eigenvalue weighted by atomic mass is 9.81. The quantitative estimate of drug-likeness (QED) is 0.860. The second kappa shape index (κ2) is 6.43. The van der Waals surface area contributed by atoms with Gasteiger partial charge in [-0.05, 0) is 38.3 Å². The SMILES string of the molecule is Cc1c(S(=O)(=O)NCC2(C)CCNCC2)cnn1C.Cl. The fourth-order valence-electron chi connectivity index (χ4n) is 2.30. The summed E-state index contributed by atoms with van der Waals surface area (Å²) in [5, 5.41) is 7.27. The van der Waals surface area contributed by atoms with Crippen LogP contribution in [0.5, 0.6) is 0 Å². The first-order valence-electron chi connectivity index (χ1n) is 6.53. The molecule has 20 heavy (non-hydrogen) atoms. The second-order valence-electron chi connectivity index (χ2n) is 5.60. The van der Waals surface area contributed by atoms with Gasteiger partial charge in [-0.25, -0.2) is 13.1 Å². The molecule has 1 fully saturated rings. The van der Waals surface area contributed by atoms with Gasteiger partial charge in [-0.1, -0.05) is 6.92 Å². The van der Waals surface area contributed by atoms with E-state index < -0.39 is 10.0 Å². The molecule has 0 amide bonds. The van der Waals surface area contributed by atoms with Gasteiger partial charge in [-0.15, -0.1) is 12.4 Å². The smallest absolute Gasteiger partial charge is 0.243 e. The Morgan fingerprint density at radius 2 is 2.05 bits per heavy atom. The predicted octanol–water partition coefficient (Wildman–Crippen LogP) is 0.818. The molecule has 116 valence electrons. The van der Waals surface area contributed by atoms with Crippen LogP contribution in [0.25, 0.3) is 0 Å². The number of halogens is 1. The van der Waals surface area contributed by atoms with Crippen LogP contribution >= 0.6 is 12.4 Å². The zero-order valence-corrected chi connectivity index (χ0v) is 13.8. The second-order valence-corrected chi connectivity index (χ2v) is 7.34. The van der Waals surface area contributed by atoms with Gasteiger partial charge in [0, 0.05) is 13.6 Å². The van der Waals surface area contributed by atoms with Gasteiger partial charge in [-0.3, -0.25) is 4.68 Å². The molecule has 0 atom stereocenters. The monoisotopic (exact) mass is 322 g/mol. The zero-order valence-electron chi connectivity index (χ0n) is 12.1. The lowest BCUT2D eigenvalue weighted by molar-refractivity contribution is 0.232. The van der Waals surface area contributed by atoms with Crippen LogP contribution in [0.1, 0.15) is 25.5 Å². The molecular formula is C12H23ClN4O2S. The fourth-order valence-corrected chi connectivity index (χ4v) is 3.70. The lowest BCUT2D eigenvalue weighted by Gasteiger charge is -2.34. The molecule has 1 aromatic heterocycles. The van der Waals surface area contributed by atoms with E-state index in [-0.39, 0.29) is 22.7 Å². The topological polar surface area (TPSA) is 76.0 Å². The number of sulfonamides is 1. The van der Waals surface area contributed by atoms with Gasteiger partial charge in [0.1, 0.15) is 4.90 Å². The van der Waals surface area contributed by atoms with Crippen molar-refractivity contribution in [1.29, 1.82) is 0 Å². The van der Waals surface area contributed by atoms with E-state index in [4.69, 9.17) is 0 Å². The minimum absolute atomic E-state index is 0. The van der Waals surface area contributed by atoms with E-state index in [1.807, 2.05) is 0 Å². The maximum Gasteiger partial charge on any atom is 0.243 e. The summed E-state index contributed by atoms with van der Waals surface area (Å²) in [6.45, 7) is 6.26. The number of hydrogen-bond acceptors (Lipinski definition) is 4. The maximum absolute atomic E-state index is 12.3. The van der Waals surface area contributed by atoms with Crippen LogP contribution in [0.4, 0.5) is 0 Å². The third-order valence-corrected chi connectivity index (χ3v) is 5.48. The molecule has 2 heterocycles. The first kappa shape index (κ1) is 17.4. The van der Waals surface area contributed by atoms with E-state index in [0.29, 0.717) is 12.2 Å². The average molecular weight is 323 g/mol. The van der Waals surface area contributed by atoms with Crippen LogP contribution in [-0.4, -0.2) is 37.8 Å². The molecule has 0 aliphatic carbocycles. The fraction of sp³-hybridized carbons (Fsp3) is 0.750. The molecule has 1 saturated heterocycles. The Balaban J connectivity index is 0.00000200. The summed E-state index contributed by atoms with van der Waals surface area (Å²) in [7, 11) is -1.72. The molecule has 8 heteroatoms. The molecule has 0 spiro atoms. The summed E-state index contributed by atoms with van der Waals surface area (Å²) in [4.78, 5) is 0.271. The van der Waals surface area contributed by atoms with Gasteiger partial charge in [0.2, 0.25) is 10.0 Å². The predicted molar refractivity (Wildman–Crippen MR) is 80.6 cm³/mol. The van der Waals surface area contributed by atoms with Crippen LogP contribution in [0, 0.1) is 12.3 Å². The lowest BCUT2D eigenvalue weighted by Crippen LogP contribution is -2.42. The summed E-state index contributed by atoms with van der Waals surface area (Å²) in [6, 6.07) is 0. The van der Waals surface area contributed by atoms with Gasteiger partial charge in [0.15, 0.2) is 0 Å². The standard InChI is InChI=1S/C12H22N4O2S.ClH/c1-10-11(8-14-16(10)3)19(17,18)15-9-12(2)4-6-13-7-5-12;/h8,13,15H,4-7,9H2,1-3H3;1H. The van der Waals surface area contributed by atoms with Crippen LogP contribution in [0.15, 0.2) is 11.1 Å². The molecule has 0 unspecified atom stereocenters. The number of aryl methyl sites for hydroxylation is 1. The van der Waals surface area contributed by atoms with Crippen molar-refractivity contribution in [2.45, 2.75) is 31.6 Å². The summed E-state index contributed by atoms with van der Waals surface area (Å²) < 4.78 is 28.8. The maximum atomic E-state index is 12.3. The van der Waals surface area contributed by atoms with Crippen molar-refractivity contribution >= 4 is 22.4 Å². The Morgan fingerprint density at radius 1 is 1.45 bits per heavy atom. The molecular weight excluding hydrogens is 300 g/mol. The third kappa shape index (κ3) is 3.72. The number of piperidine rings is 1. The molecule has 0 bridgehead atoms. The summed E-state index contributed by atoms with van der Waals surface area (Å²) in [6.07, 6.45) is 3.38. The van der Waals surface area contributed by atoms with Crippen molar-refractivity contribution in [3.8, 4) is 0 Å². The Hall–Kier alpha value is -0.630. The van der Waals surface area contributed by atoms with Gasteiger partial charge < -0.3 is 5.32 Å². The van der Waals surface area contributed by atoms with Crippen molar-refractivity contribution in [2.24, 2.45) is 12.5 Å². The van der Waals surface area contributed by atoms with Crippen molar-refractivity contribution in [1.82, 2.24) is 19.8 Å². The van der Waals surface area contributed by atoms with E-state index in [1.54, 1.807) is 18.7 Å². The summed E-state index contributed by atoms with van der Waals surface area (Å²) in [5.41, 5.74) is 0.692. The van der Waals surface area contributed by atoms with Gasteiger partial charge >= 0.3 is 0 Å². The van der Waals surface area contributed by atoms with Crippen LogP contribution in [0.2, 0.25) is 0 Å². The van der Waals surface area contributed by atoms with E-state index in [9.17, 15) is 8.42 Å². The van der Waals surface area contributed by atoms with Crippen LogP contribution in [0.3, 0.4) is 0 Å². The third-order valence-electron chi connectivity index (χ3n) is 3.98. The van der Waals surface area contributed by atoms with Crippen molar-refractivity contribution in [3.63, 3.8) is 0 Å². The molecule has 1 aromatic rings. The average Bonchev–Trinajstić information content (AvgIpc) is 2.70. The number of nitrogens with one attached hydrogen (secondary N) is 2. The Labute approximate surface area is 126 Å². The highest BCUT2D eigenvalue weighted by atomic mass is 35.5. The molecule has 0 aromatic carbocycles. The normalized spacial score (nSPS) is 18.6. The van der Waals surface area contributed by atoms with E-state index in [2.05, 4.69) is 22.1 Å². The molecule has 1 aliphatic rings. The van der Waals surface area contributed by atoms with Crippen LogP contribution < -0.4 is 10.0 Å². The van der Waals surface area contributed by atoms with Gasteiger partial charge in [-0.2, -0.15) is 5.10 Å². The van der Waals surface area contributed by atoms with Crippen LogP contribution in [-0.2, 0) is 17.1 Å². The highest BCUT2D eigenvalue weighted by Gasteiger charge is 2.29. The Kier molecular flexibility index (Phi) is 5.60. The zero-order chi connectivity index (χ0) is 14.1. The largest absolute Gasteiger partial charge is 0.317 e. The molecule has 1 aliphatic heterocycles. The minimum Gasteiger partial charge on any atom is -0.317 e. The summed E-state index contributed by atoms with van der Waals surface area (Å²) >= 11 is 0. The number of aromatic nitrogens is 2. The molecule has 2 rings (SSSR count). The van der Waals surface area contributed by atoms with Crippen molar-refractivity contribution < 1.29 is 8.42 Å². The van der Waals surface area contributed by atoms with Crippen molar-refractivity contribution in [3.05, 3.63) is 11.9 Å². The molecule has 2 N–H and O–H groups in total. The number of nitrogens with zero attached hydrogens (tertiary/aromatic N) is 2. The highest BCUT2D eigenvalue weighted by molar-refractivity contribution is 7.89. The first-order valence-corrected chi connectivity index (χ1v) is 8.01. The van der Waals surface area contributed by atoms with E-state index in [1.165, 1.54) is 6.20 Å². The number of hydrogen-bond donors (Lipinski definition) is 2. The highest BCUT2D eigenvalue weighted by Crippen LogP contribution is 2.27. The van der Waals surface area contributed by atoms with Crippen molar-refractivity contribution in [2.75, 3.05) is 19.6 Å². The van der Waals surface area contributed by atoms with Gasteiger partial charge in [0.25, 0.3) is 0 Å². The minimum atomic E-state index is -3.46. The summed E-state index contributed by atoms with van der Waals surface area (Å²) in [5.74, 6) is 0. The van der Waals surface area contributed by atoms with E-state index >= 15 is 0 Å². The molecule has 6 nitrogen and oxygen atoms in total. The number of rotatable bonds is 4. The van der Waals surface area contributed by atoms with Gasteiger partial charge in [0.05, 0.1) is 11.9 Å². The Morgan fingerprint density at radius 3 is 2.55 bits per heavy atom. The molecule has 0 saturated carbocycles. The first-order chi connectivity index (χ1) is 8.84. The Bertz CT molecular complexity index is 550.